The normalized spacial score (nSPS) is 18.1. The van der Waals surface area contributed by atoms with Crippen molar-refractivity contribution in [2.24, 2.45) is 0 Å². The summed E-state index contributed by atoms with van der Waals surface area (Å²) in [5.74, 6) is 0.930. The monoisotopic (exact) mass is 192 g/mol. The molecule has 0 aliphatic carbocycles. The molecule has 0 amide bonds. The van der Waals surface area contributed by atoms with Crippen LogP contribution in [0.5, 0.6) is 5.75 Å². The van der Waals surface area contributed by atoms with Gasteiger partial charge in [-0.3, -0.25) is 4.98 Å². The molecule has 1 N–H and O–H groups in total. The Bertz CT molecular complexity index is 295. The van der Waals surface area contributed by atoms with Crippen molar-refractivity contribution in [2.75, 3.05) is 13.1 Å². The second-order valence-corrected chi connectivity index (χ2v) is 3.71. The van der Waals surface area contributed by atoms with Gasteiger partial charge in [-0.15, -0.1) is 0 Å². The Morgan fingerprint density at radius 1 is 1.43 bits per heavy atom. The molecule has 1 aliphatic rings. The molecule has 0 atom stereocenters. The third-order valence-electron chi connectivity index (χ3n) is 2.57. The van der Waals surface area contributed by atoms with Crippen LogP contribution in [-0.2, 0) is 0 Å². The molecule has 2 heterocycles. The van der Waals surface area contributed by atoms with Crippen LogP contribution in [0.4, 0.5) is 0 Å². The van der Waals surface area contributed by atoms with Crippen LogP contribution in [0.15, 0.2) is 18.5 Å². The van der Waals surface area contributed by atoms with Crippen LogP contribution in [-0.4, -0.2) is 24.2 Å². The first-order chi connectivity index (χ1) is 6.86. The van der Waals surface area contributed by atoms with Gasteiger partial charge in [0.15, 0.2) is 0 Å². The summed E-state index contributed by atoms with van der Waals surface area (Å²) in [5.41, 5.74) is 1.17. The van der Waals surface area contributed by atoms with Gasteiger partial charge >= 0.3 is 0 Å². The van der Waals surface area contributed by atoms with Gasteiger partial charge in [-0.2, -0.15) is 0 Å². The van der Waals surface area contributed by atoms with E-state index in [2.05, 4.69) is 17.2 Å². The Morgan fingerprint density at radius 2 is 2.21 bits per heavy atom. The zero-order chi connectivity index (χ0) is 9.80. The molecule has 1 aliphatic heterocycles. The van der Waals surface area contributed by atoms with Crippen LogP contribution in [0.1, 0.15) is 18.4 Å². The summed E-state index contributed by atoms with van der Waals surface area (Å²) in [4.78, 5) is 4.07. The highest BCUT2D eigenvalue weighted by Crippen LogP contribution is 2.19. The summed E-state index contributed by atoms with van der Waals surface area (Å²) in [6, 6.07) is 1.98. The molecular weight excluding hydrogens is 176 g/mol. The molecule has 3 nitrogen and oxygen atoms in total. The third-order valence-corrected chi connectivity index (χ3v) is 2.57. The zero-order valence-electron chi connectivity index (χ0n) is 8.49. The first-order valence-corrected chi connectivity index (χ1v) is 5.14. The highest BCUT2D eigenvalue weighted by atomic mass is 16.5. The Kier molecular flexibility index (Phi) is 2.99. The number of piperidine rings is 1. The van der Waals surface area contributed by atoms with E-state index < -0.39 is 0 Å². The minimum Gasteiger partial charge on any atom is -0.488 e. The lowest BCUT2D eigenvalue weighted by atomic mass is 10.1. The van der Waals surface area contributed by atoms with E-state index in [-0.39, 0.29) is 0 Å². The Balaban J connectivity index is 1.99. The molecule has 0 spiro atoms. The van der Waals surface area contributed by atoms with E-state index in [9.17, 15) is 0 Å². The molecule has 3 heteroatoms. The van der Waals surface area contributed by atoms with Gasteiger partial charge in [-0.25, -0.2) is 0 Å². The number of nitrogens with zero attached hydrogens (tertiary/aromatic N) is 1. The van der Waals surface area contributed by atoms with Gasteiger partial charge in [-0.05, 0) is 44.5 Å². The first kappa shape index (κ1) is 9.46. The van der Waals surface area contributed by atoms with Crippen molar-refractivity contribution in [3.05, 3.63) is 24.0 Å². The first-order valence-electron chi connectivity index (χ1n) is 5.14. The van der Waals surface area contributed by atoms with Crippen molar-refractivity contribution in [1.82, 2.24) is 10.3 Å². The predicted molar refractivity (Wildman–Crippen MR) is 55.5 cm³/mol. The zero-order valence-corrected chi connectivity index (χ0v) is 8.49. The maximum Gasteiger partial charge on any atom is 0.140 e. The van der Waals surface area contributed by atoms with Crippen LogP contribution in [0, 0.1) is 6.92 Å². The van der Waals surface area contributed by atoms with E-state index in [1.54, 1.807) is 12.4 Å². The van der Waals surface area contributed by atoms with Gasteiger partial charge in [0, 0.05) is 6.20 Å². The van der Waals surface area contributed by atoms with E-state index >= 15 is 0 Å². The van der Waals surface area contributed by atoms with Crippen LogP contribution >= 0.6 is 0 Å². The van der Waals surface area contributed by atoms with Crippen molar-refractivity contribution in [3.63, 3.8) is 0 Å². The van der Waals surface area contributed by atoms with Gasteiger partial charge in [0.05, 0.1) is 6.20 Å². The van der Waals surface area contributed by atoms with Crippen LogP contribution in [0.2, 0.25) is 0 Å². The second-order valence-electron chi connectivity index (χ2n) is 3.71. The summed E-state index contributed by atoms with van der Waals surface area (Å²) >= 11 is 0. The molecule has 0 bridgehead atoms. The lowest BCUT2D eigenvalue weighted by molar-refractivity contribution is 0.161. The van der Waals surface area contributed by atoms with Gasteiger partial charge in [-0.1, -0.05) is 0 Å². The Labute approximate surface area is 84.5 Å². The Hall–Kier alpha value is -1.09. The van der Waals surface area contributed by atoms with Gasteiger partial charge in [0.25, 0.3) is 0 Å². The van der Waals surface area contributed by atoms with Crippen molar-refractivity contribution < 1.29 is 4.74 Å². The molecule has 0 radical (unpaired) electrons. The number of hydrogen-bond acceptors (Lipinski definition) is 3. The average molecular weight is 192 g/mol. The lowest BCUT2D eigenvalue weighted by Gasteiger charge is -2.24. The number of aromatic nitrogens is 1. The van der Waals surface area contributed by atoms with Crippen LogP contribution in [0.3, 0.4) is 0 Å². The lowest BCUT2D eigenvalue weighted by Crippen LogP contribution is -2.34. The number of nitrogens with one attached hydrogen (secondary N) is 1. The van der Waals surface area contributed by atoms with Crippen molar-refractivity contribution in [1.29, 1.82) is 0 Å². The van der Waals surface area contributed by atoms with Gasteiger partial charge < -0.3 is 10.1 Å². The third kappa shape index (κ3) is 2.23. The molecule has 1 aromatic rings. The molecule has 1 aromatic heterocycles. The fraction of sp³-hybridized carbons (Fsp3) is 0.545. The summed E-state index contributed by atoms with van der Waals surface area (Å²) < 4.78 is 5.88. The molecule has 14 heavy (non-hydrogen) atoms. The molecule has 2 rings (SSSR count). The van der Waals surface area contributed by atoms with E-state index in [4.69, 9.17) is 4.74 Å². The standard InChI is InChI=1S/C11H16N2O/c1-9-2-5-13-8-11(9)14-10-3-6-12-7-4-10/h2,5,8,10,12H,3-4,6-7H2,1H3. The molecule has 0 unspecified atom stereocenters. The number of hydrogen-bond donors (Lipinski definition) is 1. The van der Waals surface area contributed by atoms with E-state index in [0.717, 1.165) is 31.7 Å². The minimum absolute atomic E-state index is 0.360. The fourth-order valence-electron chi connectivity index (χ4n) is 1.67. The van der Waals surface area contributed by atoms with Crippen LogP contribution in [0.25, 0.3) is 0 Å². The van der Waals surface area contributed by atoms with E-state index in [1.165, 1.54) is 5.56 Å². The summed E-state index contributed by atoms with van der Waals surface area (Å²) in [5, 5.41) is 3.32. The molecule has 1 fully saturated rings. The number of rotatable bonds is 2. The number of aryl methyl sites for hydroxylation is 1. The van der Waals surface area contributed by atoms with Crippen molar-refractivity contribution >= 4 is 0 Å². The maximum absolute atomic E-state index is 5.88. The van der Waals surface area contributed by atoms with Gasteiger partial charge in [0.2, 0.25) is 0 Å². The molecule has 0 aromatic carbocycles. The molecule has 0 saturated carbocycles. The SMILES string of the molecule is Cc1ccncc1OC1CCNCC1. The number of pyridine rings is 1. The maximum atomic E-state index is 5.88. The minimum atomic E-state index is 0.360. The molecule has 76 valence electrons. The topological polar surface area (TPSA) is 34.1 Å². The van der Waals surface area contributed by atoms with E-state index in [0.29, 0.717) is 6.10 Å². The van der Waals surface area contributed by atoms with E-state index in [1.807, 2.05) is 6.07 Å². The van der Waals surface area contributed by atoms with Gasteiger partial charge in [0.1, 0.15) is 11.9 Å². The van der Waals surface area contributed by atoms with Crippen molar-refractivity contribution in [2.45, 2.75) is 25.9 Å². The summed E-state index contributed by atoms with van der Waals surface area (Å²) in [6.45, 7) is 4.17. The number of ether oxygens (including phenoxy) is 1. The van der Waals surface area contributed by atoms with Crippen molar-refractivity contribution in [3.8, 4) is 5.75 Å². The highest BCUT2D eigenvalue weighted by molar-refractivity contribution is 5.28. The molecule has 1 saturated heterocycles. The predicted octanol–water partition coefficient (Wildman–Crippen LogP) is 1.52. The quantitative estimate of drug-likeness (QED) is 0.771. The highest BCUT2D eigenvalue weighted by Gasteiger charge is 2.14. The summed E-state index contributed by atoms with van der Waals surface area (Å²) in [6.07, 6.45) is 6.14. The second kappa shape index (κ2) is 4.42. The largest absolute Gasteiger partial charge is 0.488 e. The molecular formula is C11H16N2O. The van der Waals surface area contributed by atoms with Crippen LogP contribution < -0.4 is 10.1 Å². The Morgan fingerprint density at radius 3 is 2.93 bits per heavy atom. The summed E-state index contributed by atoms with van der Waals surface area (Å²) in [7, 11) is 0. The fourth-order valence-corrected chi connectivity index (χ4v) is 1.67. The smallest absolute Gasteiger partial charge is 0.140 e. The average Bonchev–Trinajstić information content (AvgIpc) is 2.23.